The second-order valence-corrected chi connectivity index (χ2v) is 10.9. The lowest BCUT2D eigenvalue weighted by Gasteiger charge is -2.37. The molecule has 8 heteroatoms. The summed E-state index contributed by atoms with van der Waals surface area (Å²) in [6, 6.07) is 3.51. The maximum atomic E-state index is 13.0. The van der Waals surface area contributed by atoms with Crippen molar-refractivity contribution in [1.29, 1.82) is 0 Å². The fraction of sp³-hybridized carbons (Fsp3) is 0.722. The van der Waals surface area contributed by atoms with Crippen molar-refractivity contribution in [3.63, 3.8) is 0 Å². The topological polar surface area (TPSA) is 69.7 Å². The summed E-state index contributed by atoms with van der Waals surface area (Å²) >= 11 is 1.30. The predicted octanol–water partition coefficient (Wildman–Crippen LogP) is 1.92. The molecule has 3 rings (SSSR count). The average Bonchev–Trinajstić information content (AvgIpc) is 3.09. The number of nitrogens with zero attached hydrogens (tertiary/aromatic N) is 2. The number of nitrogens with one attached hydrogen (secondary N) is 1. The standard InChI is InChI=1S/C18H29N3O3S2/c1-14-7-8-17(25-14)26(23,24)21-10-4-6-16(13-21)18(22)20-9-3-5-15(12-20)11-19-2/h7-8,15-16,19H,3-6,9-13H2,1-2H3. The molecule has 0 aromatic carbocycles. The first kappa shape index (κ1) is 19.8. The second kappa shape index (κ2) is 8.37. The summed E-state index contributed by atoms with van der Waals surface area (Å²) in [5.41, 5.74) is 0. The zero-order valence-electron chi connectivity index (χ0n) is 15.6. The molecule has 1 amide bonds. The summed E-state index contributed by atoms with van der Waals surface area (Å²) in [5.74, 6) is 0.413. The third-order valence-electron chi connectivity index (χ3n) is 5.37. The zero-order valence-corrected chi connectivity index (χ0v) is 17.2. The molecule has 2 unspecified atom stereocenters. The van der Waals surface area contributed by atoms with Gasteiger partial charge in [0.15, 0.2) is 0 Å². The highest BCUT2D eigenvalue weighted by atomic mass is 32.2. The number of amides is 1. The maximum absolute atomic E-state index is 13.0. The molecular weight excluding hydrogens is 370 g/mol. The Morgan fingerprint density at radius 3 is 2.69 bits per heavy atom. The third kappa shape index (κ3) is 4.30. The fourth-order valence-electron chi connectivity index (χ4n) is 4.02. The molecular formula is C18H29N3O3S2. The largest absolute Gasteiger partial charge is 0.342 e. The Morgan fingerprint density at radius 1 is 1.23 bits per heavy atom. The van der Waals surface area contributed by atoms with E-state index < -0.39 is 10.0 Å². The molecule has 0 bridgehead atoms. The number of hydrogen-bond acceptors (Lipinski definition) is 5. The van der Waals surface area contributed by atoms with Crippen LogP contribution in [0.25, 0.3) is 0 Å². The van der Waals surface area contributed by atoms with Crippen LogP contribution in [0.3, 0.4) is 0 Å². The number of carbonyl (C=O) groups is 1. The lowest BCUT2D eigenvalue weighted by Crippen LogP contribution is -2.49. The van der Waals surface area contributed by atoms with Gasteiger partial charge in [-0.05, 0) is 64.3 Å². The molecule has 2 fully saturated rings. The van der Waals surface area contributed by atoms with E-state index in [9.17, 15) is 13.2 Å². The maximum Gasteiger partial charge on any atom is 0.252 e. The van der Waals surface area contributed by atoms with Crippen molar-refractivity contribution in [1.82, 2.24) is 14.5 Å². The van der Waals surface area contributed by atoms with Crippen LogP contribution in [0.15, 0.2) is 16.3 Å². The minimum atomic E-state index is -3.49. The highest BCUT2D eigenvalue weighted by Crippen LogP contribution is 2.29. The molecule has 0 spiro atoms. The smallest absolute Gasteiger partial charge is 0.252 e. The minimum Gasteiger partial charge on any atom is -0.342 e. The lowest BCUT2D eigenvalue weighted by atomic mass is 9.93. The quantitative estimate of drug-likeness (QED) is 0.821. The summed E-state index contributed by atoms with van der Waals surface area (Å²) in [6.45, 7) is 5.23. The van der Waals surface area contributed by atoms with Crippen LogP contribution in [0.2, 0.25) is 0 Å². The monoisotopic (exact) mass is 399 g/mol. The first-order valence-corrected chi connectivity index (χ1v) is 11.7. The van der Waals surface area contributed by atoms with Crippen molar-refractivity contribution in [3.05, 3.63) is 17.0 Å². The van der Waals surface area contributed by atoms with E-state index in [2.05, 4.69) is 5.32 Å². The Labute approximate surface area is 160 Å². The van der Waals surface area contributed by atoms with Crippen LogP contribution in [0, 0.1) is 18.8 Å². The second-order valence-electron chi connectivity index (χ2n) is 7.42. The molecule has 2 aliphatic heterocycles. The lowest BCUT2D eigenvalue weighted by molar-refractivity contribution is -0.138. The van der Waals surface area contributed by atoms with Crippen molar-refractivity contribution < 1.29 is 13.2 Å². The van der Waals surface area contributed by atoms with Gasteiger partial charge >= 0.3 is 0 Å². The summed E-state index contributed by atoms with van der Waals surface area (Å²) in [5, 5.41) is 3.20. The Hall–Kier alpha value is -0.960. The molecule has 0 radical (unpaired) electrons. The van der Waals surface area contributed by atoms with Gasteiger partial charge in [-0.25, -0.2) is 8.42 Å². The van der Waals surface area contributed by atoms with Gasteiger partial charge in [-0.15, -0.1) is 11.3 Å². The number of likely N-dealkylation sites (tertiary alicyclic amines) is 1. The average molecular weight is 400 g/mol. The number of piperidine rings is 2. The van der Waals surface area contributed by atoms with Crippen LogP contribution in [-0.2, 0) is 14.8 Å². The summed E-state index contributed by atoms with van der Waals surface area (Å²) < 4.78 is 27.7. The van der Waals surface area contributed by atoms with E-state index in [4.69, 9.17) is 0 Å². The molecule has 2 saturated heterocycles. The summed E-state index contributed by atoms with van der Waals surface area (Å²) in [4.78, 5) is 15.9. The molecule has 2 atom stereocenters. The summed E-state index contributed by atoms with van der Waals surface area (Å²) in [6.07, 6.45) is 3.70. The van der Waals surface area contributed by atoms with Crippen LogP contribution in [0.1, 0.15) is 30.6 Å². The van der Waals surface area contributed by atoms with Crippen LogP contribution < -0.4 is 5.32 Å². The zero-order chi connectivity index (χ0) is 18.7. The summed E-state index contributed by atoms with van der Waals surface area (Å²) in [7, 11) is -1.55. The predicted molar refractivity (Wildman–Crippen MR) is 104 cm³/mol. The first-order valence-electron chi connectivity index (χ1n) is 9.42. The van der Waals surface area contributed by atoms with Gasteiger partial charge in [0.05, 0.1) is 5.92 Å². The van der Waals surface area contributed by atoms with Crippen molar-refractivity contribution in [2.75, 3.05) is 39.8 Å². The highest BCUT2D eigenvalue weighted by molar-refractivity contribution is 7.91. The normalized spacial score (nSPS) is 25.4. The van der Waals surface area contributed by atoms with Crippen molar-refractivity contribution in [2.45, 2.75) is 36.8 Å². The Balaban J connectivity index is 1.67. The van der Waals surface area contributed by atoms with Gasteiger partial charge < -0.3 is 10.2 Å². The number of hydrogen-bond donors (Lipinski definition) is 1. The Bertz CT molecular complexity index is 730. The number of rotatable bonds is 5. The fourth-order valence-corrected chi connectivity index (χ4v) is 6.98. The SMILES string of the molecule is CNCC1CCCN(C(=O)C2CCCN(S(=O)(=O)c3ccc(C)s3)C2)C1. The molecule has 3 heterocycles. The van der Waals surface area contributed by atoms with Gasteiger partial charge in [-0.2, -0.15) is 4.31 Å². The molecule has 6 nitrogen and oxygen atoms in total. The first-order chi connectivity index (χ1) is 12.4. The third-order valence-corrected chi connectivity index (χ3v) is 8.70. The van der Waals surface area contributed by atoms with Crippen molar-refractivity contribution in [2.24, 2.45) is 11.8 Å². The van der Waals surface area contributed by atoms with Gasteiger partial charge in [-0.3, -0.25) is 4.79 Å². The van der Waals surface area contributed by atoms with E-state index >= 15 is 0 Å². The van der Waals surface area contributed by atoms with E-state index in [1.54, 1.807) is 6.07 Å². The van der Waals surface area contributed by atoms with E-state index in [1.165, 1.54) is 15.6 Å². The molecule has 26 heavy (non-hydrogen) atoms. The number of carbonyl (C=O) groups excluding carboxylic acids is 1. The van der Waals surface area contributed by atoms with E-state index in [0.717, 1.165) is 50.2 Å². The molecule has 2 aliphatic rings. The molecule has 0 saturated carbocycles. The number of sulfonamides is 1. The Morgan fingerprint density at radius 2 is 2.00 bits per heavy atom. The number of aryl methyl sites for hydroxylation is 1. The van der Waals surface area contributed by atoms with Crippen LogP contribution in [0.5, 0.6) is 0 Å². The molecule has 1 aromatic heterocycles. The van der Waals surface area contributed by atoms with Crippen LogP contribution in [-0.4, -0.2) is 63.3 Å². The van der Waals surface area contributed by atoms with Crippen molar-refractivity contribution >= 4 is 27.3 Å². The van der Waals surface area contributed by atoms with Crippen molar-refractivity contribution in [3.8, 4) is 0 Å². The van der Waals surface area contributed by atoms with Crippen LogP contribution in [0.4, 0.5) is 0 Å². The molecule has 1 N–H and O–H groups in total. The van der Waals surface area contributed by atoms with Crippen LogP contribution >= 0.6 is 11.3 Å². The van der Waals surface area contributed by atoms with Gasteiger partial charge in [0.2, 0.25) is 5.91 Å². The van der Waals surface area contributed by atoms with Gasteiger partial charge in [-0.1, -0.05) is 0 Å². The molecule has 0 aliphatic carbocycles. The van der Waals surface area contributed by atoms with Gasteiger partial charge in [0.1, 0.15) is 4.21 Å². The van der Waals surface area contributed by atoms with E-state index in [1.807, 2.05) is 24.9 Å². The van der Waals surface area contributed by atoms with Gasteiger partial charge in [0.25, 0.3) is 10.0 Å². The molecule has 1 aromatic rings. The van der Waals surface area contributed by atoms with Gasteiger partial charge in [0, 0.05) is 31.1 Å². The van der Waals surface area contributed by atoms with E-state index in [-0.39, 0.29) is 11.8 Å². The minimum absolute atomic E-state index is 0.132. The molecule has 146 valence electrons. The Kier molecular flexibility index (Phi) is 6.37. The number of thiophene rings is 1. The highest BCUT2D eigenvalue weighted by Gasteiger charge is 2.36. The van der Waals surface area contributed by atoms with E-state index in [0.29, 0.717) is 23.2 Å².